The number of benzene rings is 1. The zero-order valence-electron chi connectivity index (χ0n) is 13.0. The lowest BCUT2D eigenvalue weighted by molar-refractivity contribution is 0.0787. The Bertz CT molecular complexity index is 577. The second-order valence-electron chi connectivity index (χ2n) is 6.10. The summed E-state index contributed by atoms with van der Waals surface area (Å²) in [6.07, 6.45) is 3.05. The van der Waals surface area contributed by atoms with Crippen molar-refractivity contribution in [1.82, 2.24) is 10.2 Å². The minimum absolute atomic E-state index is 0. The highest BCUT2D eigenvalue weighted by atomic mass is 35.5. The molecule has 1 aromatic carbocycles. The van der Waals surface area contributed by atoms with E-state index in [9.17, 15) is 9.59 Å². The third-order valence-electron chi connectivity index (χ3n) is 4.19. The highest BCUT2D eigenvalue weighted by molar-refractivity contribution is 5.97. The fourth-order valence-electron chi connectivity index (χ4n) is 2.70. The predicted molar refractivity (Wildman–Crippen MR) is 91.9 cm³/mol. The molecule has 23 heavy (non-hydrogen) atoms. The standard InChI is InChI=1S/C16H22N4O2.ClH/c17-9-11-6-7-20(10-11)15(21)12-2-1-3-14(8-12)19-16(22)18-13-4-5-13;/h1-3,8,11,13H,4-7,9-10,17H2,(H2,18,19,22);1H. The number of carbonyl (C=O) groups excluding carboxylic acids is 2. The van der Waals surface area contributed by atoms with Crippen molar-refractivity contribution in [2.45, 2.75) is 25.3 Å². The molecule has 1 aromatic rings. The third kappa shape index (κ3) is 4.59. The van der Waals surface area contributed by atoms with Gasteiger partial charge in [-0.1, -0.05) is 6.07 Å². The molecular formula is C16H23ClN4O2. The van der Waals surface area contributed by atoms with Gasteiger partial charge in [-0.25, -0.2) is 4.79 Å². The summed E-state index contributed by atoms with van der Waals surface area (Å²) in [5.41, 5.74) is 6.90. The number of hydrogen-bond donors (Lipinski definition) is 3. The normalized spacial score (nSPS) is 19.9. The fourth-order valence-corrected chi connectivity index (χ4v) is 2.70. The molecule has 0 bridgehead atoms. The van der Waals surface area contributed by atoms with E-state index in [4.69, 9.17) is 5.73 Å². The first-order valence-electron chi connectivity index (χ1n) is 7.82. The molecule has 1 saturated heterocycles. The molecule has 2 fully saturated rings. The Morgan fingerprint density at radius 2 is 2.04 bits per heavy atom. The summed E-state index contributed by atoms with van der Waals surface area (Å²) < 4.78 is 0. The Hall–Kier alpha value is -1.79. The Labute approximate surface area is 142 Å². The van der Waals surface area contributed by atoms with E-state index in [0.717, 1.165) is 32.4 Å². The van der Waals surface area contributed by atoms with E-state index in [0.29, 0.717) is 29.8 Å². The van der Waals surface area contributed by atoms with Crippen LogP contribution in [0.2, 0.25) is 0 Å². The van der Waals surface area contributed by atoms with Gasteiger partial charge in [-0.2, -0.15) is 0 Å². The van der Waals surface area contributed by atoms with E-state index < -0.39 is 0 Å². The largest absolute Gasteiger partial charge is 0.338 e. The summed E-state index contributed by atoms with van der Waals surface area (Å²) in [4.78, 5) is 26.1. The molecule has 1 aliphatic heterocycles. The van der Waals surface area contributed by atoms with Crippen LogP contribution in [0, 0.1) is 5.92 Å². The molecule has 1 heterocycles. The molecule has 0 spiro atoms. The van der Waals surface area contributed by atoms with Crippen LogP contribution in [0.15, 0.2) is 24.3 Å². The molecule has 4 N–H and O–H groups in total. The molecule has 3 rings (SSSR count). The number of rotatable bonds is 4. The lowest BCUT2D eigenvalue weighted by atomic mass is 10.1. The number of urea groups is 1. The van der Waals surface area contributed by atoms with Gasteiger partial charge in [-0.3, -0.25) is 4.79 Å². The molecule has 126 valence electrons. The van der Waals surface area contributed by atoms with Gasteiger partial charge in [0.05, 0.1) is 0 Å². The van der Waals surface area contributed by atoms with Crippen molar-refractivity contribution in [3.63, 3.8) is 0 Å². The third-order valence-corrected chi connectivity index (χ3v) is 4.19. The van der Waals surface area contributed by atoms with Crippen LogP contribution in [0.25, 0.3) is 0 Å². The zero-order valence-corrected chi connectivity index (χ0v) is 13.8. The maximum atomic E-state index is 12.5. The van der Waals surface area contributed by atoms with Crippen LogP contribution in [0.1, 0.15) is 29.6 Å². The molecule has 2 aliphatic rings. The van der Waals surface area contributed by atoms with Gasteiger partial charge >= 0.3 is 6.03 Å². The van der Waals surface area contributed by atoms with Gasteiger partial charge in [0, 0.05) is 30.4 Å². The number of nitrogens with zero attached hydrogens (tertiary/aromatic N) is 1. The number of amides is 3. The van der Waals surface area contributed by atoms with Gasteiger partial charge in [-0.15, -0.1) is 12.4 Å². The van der Waals surface area contributed by atoms with Crippen molar-refractivity contribution < 1.29 is 9.59 Å². The topological polar surface area (TPSA) is 87.5 Å². The molecule has 7 heteroatoms. The SMILES string of the molecule is Cl.NCC1CCN(C(=O)c2cccc(NC(=O)NC3CC3)c2)C1. The first-order valence-corrected chi connectivity index (χ1v) is 7.82. The van der Waals surface area contributed by atoms with E-state index in [2.05, 4.69) is 10.6 Å². The molecule has 0 radical (unpaired) electrons. The number of halogens is 1. The lowest BCUT2D eigenvalue weighted by Crippen LogP contribution is -2.31. The Kier molecular flexibility index (Phi) is 5.85. The minimum Gasteiger partial charge on any atom is -0.338 e. The van der Waals surface area contributed by atoms with Crippen molar-refractivity contribution in [3.05, 3.63) is 29.8 Å². The average molecular weight is 339 g/mol. The van der Waals surface area contributed by atoms with Gasteiger partial charge in [0.25, 0.3) is 5.91 Å². The van der Waals surface area contributed by atoms with E-state index in [1.165, 1.54) is 0 Å². The highest BCUT2D eigenvalue weighted by Crippen LogP contribution is 2.21. The van der Waals surface area contributed by atoms with Crippen molar-refractivity contribution in [1.29, 1.82) is 0 Å². The van der Waals surface area contributed by atoms with E-state index >= 15 is 0 Å². The van der Waals surface area contributed by atoms with Gasteiger partial charge in [0.1, 0.15) is 0 Å². The summed E-state index contributed by atoms with van der Waals surface area (Å²) in [6, 6.07) is 7.18. The molecule has 1 atom stereocenters. The predicted octanol–water partition coefficient (Wildman–Crippen LogP) is 1.81. The van der Waals surface area contributed by atoms with Crippen LogP contribution in [0.3, 0.4) is 0 Å². The van der Waals surface area contributed by atoms with Crippen molar-refractivity contribution in [2.24, 2.45) is 11.7 Å². The Morgan fingerprint density at radius 1 is 1.26 bits per heavy atom. The summed E-state index contributed by atoms with van der Waals surface area (Å²) in [6.45, 7) is 2.09. The summed E-state index contributed by atoms with van der Waals surface area (Å²) in [7, 11) is 0. The van der Waals surface area contributed by atoms with E-state index in [1.807, 2.05) is 4.90 Å². The molecule has 0 aromatic heterocycles. The second-order valence-corrected chi connectivity index (χ2v) is 6.10. The fraction of sp³-hybridized carbons (Fsp3) is 0.500. The van der Waals surface area contributed by atoms with E-state index in [1.54, 1.807) is 24.3 Å². The minimum atomic E-state index is -0.212. The number of hydrogen-bond acceptors (Lipinski definition) is 3. The van der Waals surface area contributed by atoms with Crippen molar-refractivity contribution >= 4 is 30.0 Å². The molecule has 1 saturated carbocycles. The zero-order chi connectivity index (χ0) is 15.5. The highest BCUT2D eigenvalue weighted by Gasteiger charge is 2.26. The first kappa shape index (κ1) is 17.6. The number of likely N-dealkylation sites (tertiary alicyclic amines) is 1. The van der Waals surface area contributed by atoms with Crippen LogP contribution in [-0.4, -0.2) is 42.5 Å². The van der Waals surface area contributed by atoms with Gasteiger partial charge in [0.2, 0.25) is 0 Å². The number of nitrogens with one attached hydrogen (secondary N) is 2. The Balaban J connectivity index is 0.00000192. The van der Waals surface area contributed by atoms with Crippen molar-refractivity contribution in [2.75, 3.05) is 25.0 Å². The smallest absolute Gasteiger partial charge is 0.319 e. The molecule has 1 unspecified atom stereocenters. The van der Waals surface area contributed by atoms with Crippen LogP contribution < -0.4 is 16.4 Å². The monoisotopic (exact) mass is 338 g/mol. The van der Waals surface area contributed by atoms with Crippen LogP contribution in [0.4, 0.5) is 10.5 Å². The quantitative estimate of drug-likeness (QED) is 0.782. The summed E-state index contributed by atoms with van der Waals surface area (Å²) >= 11 is 0. The lowest BCUT2D eigenvalue weighted by Gasteiger charge is -2.17. The van der Waals surface area contributed by atoms with E-state index in [-0.39, 0.29) is 24.3 Å². The van der Waals surface area contributed by atoms with Gasteiger partial charge < -0.3 is 21.3 Å². The Morgan fingerprint density at radius 3 is 2.70 bits per heavy atom. The number of carbonyl (C=O) groups is 2. The summed E-state index contributed by atoms with van der Waals surface area (Å²) in [5.74, 6) is 0.400. The average Bonchev–Trinajstić information content (AvgIpc) is 3.19. The van der Waals surface area contributed by atoms with Crippen LogP contribution in [-0.2, 0) is 0 Å². The maximum absolute atomic E-state index is 12.5. The number of anilines is 1. The number of nitrogens with two attached hydrogens (primary N) is 1. The van der Waals surface area contributed by atoms with Crippen LogP contribution >= 0.6 is 12.4 Å². The second kappa shape index (κ2) is 7.66. The maximum Gasteiger partial charge on any atom is 0.319 e. The molecule has 1 aliphatic carbocycles. The molecular weight excluding hydrogens is 316 g/mol. The molecule has 3 amide bonds. The first-order chi connectivity index (χ1) is 10.7. The summed E-state index contributed by atoms with van der Waals surface area (Å²) in [5, 5.41) is 5.64. The van der Waals surface area contributed by atoms with Crippen molar-refractivity contribution in [3.8, 4) is 0 Å². The van der Waals surface area contributed by atoms with Crippen LogP contribution in [0.5, 0.6) is 0 Å². The van der Waals surface area contributed by atoms with Gasteiger partial charge in [-0.05, 0) is 49.9 Å². The van der Waals surface area contributed by atoms with Gasteiger partial charge in [0.15, 0.2) is 0 Å². The molecule has 6 nitrogen and oxygen atoms in total.